The van der Waals surface area contributed by atoms with E-state index in [9.17, 15) is 8.78 Å². The molecular formula is C15H14F2. The quantitative estimate of drug-likeness (QED) is 0.707. The molecule has 0 unspecified atom stereocenters. The van der Waals surface area contributed by atoms with Crippen LogP contribution in [0.5, 0.6) is 0 Å². The largest absolute Gasteiger partial charge is 0.276 e. The van der Waals surface area contributed by atoms with Crippen molar-refractivity contribution in [3.63, 3.8) is 0 Å². The van der Waals surface area contributed by atoms with E-state index in [-0.39, 0.29) is 5.56 Å². The van der Waals surface area contributed by atoms with Gasteiger partial charge in [0.1, 0.15) is 0 Å². The maximum atomic E-state index is 13.9. The molecule has 17 heavy (non-hydrogen) atoms. The van der Waals surface area contributed by atoms with E-state index in [1.807, 2.05) is 25.1 Å². The third-order valence-electron chi connectivity index (χ3n) is 3.47. The molecule has 0 bridgehead atoms. The van der Waals surface area contributed by atoms with E-state index in [0.29, 0.717) is 12.8 Å². The number of halogens is 2. The number of alkyl halides is 2. The summed E-state index contributed by atoms with van der Waals surface area (Å²) in [5.41, 5.74) is 1.32. The summed E-state index contributed by atoms with van der Waals surface area (Å²) in [6.45, 7) is 2.01. The van der Waals surface area contributed by atoms with Crippen molar-refractivity contribution in [1.29, 1.82) is 0 Å². The van der Waals surface area contributed by atoms with Crippen LogP contribution in [-0.4, -0.2) is 0 Å². The van der Waals surface area contributed by atoms with Gasteiger partial charge in [0, 0.05) is 11.5 Å². The van der Waals surface area contributed by atoms with Crippen molar-refractivity contribution < 1.29 is 8.78 Å². The Kier molecular flexibility index (Phi) is 2.22. The van der Waals surface area contributed by atoms with Gasteiger partial charge in [0.05, 0.1) is 0 Å². The van der Waals surface area contributed by atoms with Gasteiger partial charge in [0.15, 0.2) is 0 Å². The fraction of sp³-hybridized carbons (Fsp3) is 0.333. The van der Waals surface area contributed by atoms with Gasteiger partial charge in [0.25, 0.3) is 5.92 Å². The molecule has 1 fully saturated rings. The summed E-state index contributed by atoms with van der Waals surface area (Å²) in [5, 5.41) is 1.92. The maximum Gasteiger partial charge on any atom is 0.276 e. The zero-order valence-electron chi connectivity index (χ0n) is 9.71. The topological polar surface area (TPSA) is 0 Å². The molecule has 1 aliphatic carbocycles. The van der Waals surface area contributed by atoms with Crippen molar-refractivity contribution in [3.8, 4) is 0 Å². The van der Waals surface area contributed by atoms with E-state index < -0.39 is 11.8 Å². The molecule has 2 aromatic rings. The van der Waals surface area contributed by atoms with Crippen LogP contribution in [0.1, 0.15) is 24.0 Å². The molecule has 0 spiro atoms. The van der Waals surface area contributed by atoms with Gasteiger partial charge in [-0.05, 0) is 36.6 Å². The second kappa shape index (κ2) is 3.52. The normalized spacial score (nSPS) is 16.4. The van der Waals surface area contributed by atoms with Crippen molar-refractivity contribution in [2.75, 3.05) is 0 Å². The Labute approximate surface area is 99.3 Å². The Hall–Kier alpha value is -1.44. The van der Waals surface area contributed by atoms with Gasteiger partial charge < -0.3 is 0 Å². The van der Waals surface area contributed by atoms with Crippen LogP contribution in [0.4, 0.5) is 8.78 Å². The zero-order chi connectivity index (χ0) is 12.0. The lowest BCUT2D eigenvalue weighted by atomic mass is 9.99. The monoisotopic (exact) mass is 232 g/mol. The van der Waals surface area contributed by atoms with Crippen molar-refractivity contribution in [2.24, 2.45) is 5.92 Å². The Bertz CT molecular complexity index is 568. The predicted octanol–water partition coefficient (Wildman–Crippen LogP) is 4.65. The zero-order valence-corrected chi connectivity index (χ0v) is 9.71. The summed E-state index contributed by atoms with van der Waals surface area (Å²) >= 11 is 0. The average molecular weight is 232 g/mol. The van der Waals surface area contributed by atoms with E-state index in [1.54, 1.807) is 18.2 Å². The summed E-state index contributed by atoms with van der Waals surface area (Å²) < 4.78 is 27.9. The molecule has 0 radical (unpaired) electrons. The highest BCUT2D eigenvalue weighted by Gasteiger charge is 2.47. The fourth-order valence-corrected chi connectivity index (χ4v) is 2.25. The summed E-state index contributed by atoms with van der Waals surface area (Å²) in [6.07, 6.45) is 1.30. The van der Waals surface area contributed by atoms with Gasteiger partial charge in [0.2, 0.25) is 0 Å². The number of aryl methyl sites for hydroxylation is 1. The average Bonchev–Trinajstić information content (AvgIpc) is 3.12. The minimum absolute atomic E-state index is 0.163. The lowest BCUT2D eigenvalue weighted by Crippen LogP contribution is -2.15. The molecule has 2 aromatic carbocycles. The second-order valence-electron chi connectivity index (χ2n) is 4.96. The number of hydrogen-bond acceptors (Lipinski definition) is 0. The second-order valence-corrected chi connectivity index (χ2v) is 4.96. The lowest BCUT2D eigenvalue weighted by Gasteiger charge is -2.16. The van der Waals surface area contributed by atoms with Crippen LogP contribution in [-0.2, 0) is 5.92 Å². The molecule has 3 rings (SSSR count). The molecule has 2 heteroatoms. The van der Waals surface area contributed by atoms with Gasteiger partial charge in [-0.3, -0.25) is 0 Å². The van der Waals surface area contributed by atoms with E-state index >= 15 is 0 Å². The minimum Gasteiger partial charge on any atom is -0.201 e. The van der Waals surface area contributed by atoms with Crippen LogP contribution < -0.4 is 0 Å². The van der Waals surface area contributed by atoms with Crippen LogP contribution in [0, 0.1) is 12.8 Å². The lowest BCUT2D eigenvalue weighted by molar-refractivity contribution is -0.0284. The van der Waals surface area contributed by atoms with Crippen LogP contribution in [0.15, 0.2) is 36.4 Å². The molecular weight excluding hydrogens is 218 g/mol. The summed E-state index contributed by atoms with van der Waals surface area (Å²) in [4.78, 5) is 0. The minimum atomic E-state index is -2.65. The fourth-order valence-electron chi connectivity index (χ4n) is 2.25. The van der Waals surface area contributed by atoms with Gasteiger partial charge in [-0.15, -0.1) is 0 Å². The first-order valence-corrected chi connectivity index (χ1v) is 5.96. The molecule has 0 nitrogen and oxygen atoms in total. The highest BCUT2D eigenvalue weighted by Crippen LogP contribution is 2.49. The first-order chi connectivity index (χ1) is 8.07. The predicted molar refractivity (Wildman–Crippen MR) is 65.3 cm³/mol. The van der Waals surface area contributed by atoms with Crippen molar-refractivity contribution in [2.45, 2.75) is 25.7 Å². The molecule has 0 aliphatic heterocycles. The molecule has 1 saturated carbocycles. The van der Waals surface area contributed by atoms with Gasteiger partial charge in [-0.1, -0.05) is 35.9 Å². The standard InChI is InChI=1S/C15H14F2/c1-10-2-3-12-9-14(5-4-11(12)8-10)15(16,17)13-6-7-13/h2-5,8-9,13H,6-7H2,1H3. The van der Waals surface area contributed by atoms with E-state index in [0.717, 1.165) is 16.3 Å². The molecule has 0 aromatic heterocycles. The Morgan fingerprint density at radius 1 is 1.00 bits per heavy atom. The first-order valence-electron chi connectivity index (χ1n) is 5.96. The molecule has 1 aliphatic rings. The van der Waals surface area contributed by atoms with Crippen LogP contribution in [0.2, 0.25) is 0 Å². The maximum absolute atomic E-state index is 13.9. The van der Waals surface area contributed by atoms with Gasteiger partial charge in [-0.25, -0.2) is 8.78 Å². The van der Waals surface area contributed by atoms with E-state index in [4.69, 9.17) is 0 Å². The van der Waals surface area contributed by atoms with Crippen LogP contribution >= 0.6 is 0 Å². The summed E-state index contributed by atoms with van der Waals surface area (Å²) in [6, 6.07) is 10.9. The molecule has 0 saturated heterocycles. The van der Waals surface area contributed by atoms with Gasteiger partial charge >= 0.3 is 0 Å². The molecule has 0 atom stereocenters. The summed E-state index contributed by atoms with van der Waals surface area (Å²) in [5.74, 6) is -3.09. The van der Waals surface area contributed by atoms with Crippen LogP contribution in [0.3, 0.4) is 0 Å². The number of rotatable bonds is 2. The highest BCUT2D eigenvalue weighted by molar-refractivity contribution is 5.84. The Morgan fingerprint density at radius 3 is 2.35 bits per heavy atom. The van der Waals surface area contributed by atoms with E-state index in [2.05, 4.69) is 0 Å². The highest BCUT2D eigenvalue weighted by atomic mass is 19.3. The smallest absolute Gasteiger partial charge is 0.201 e. The van der Waals surface area contributed by atoms with E-state index in [1.165, 1.54) is 0 Å². The van der Waals surface area contributed by atoms with Crippen molar-refractivity contribution in [3.05, 3.63) is 47.5 Å². The Balaban J connectivity index is 2.10. The van der Waals surface area contributed by atoms with Crippen molar-refractivity contribution >= 4 is 10.8 Å². The molecule has 0 heterocycles. The molecule has 0 N–H and O–H groups in total. The number of hydrogen-bond donors (Lipinski definition) is 0. The third kappa shape index (κ3) is 1.82. The number of fused-ring (bicyclic) bond motifs is 1. The molecule has 0 amide bonds. The number of benzene rings is 2. The van der Waals surface area contributed by atoms with Gasteiger partial charge in [-0.2, -0.15) is 0 Å². The Morgan fingerprint density at radius 2 is 1.65 bits per heavy atom. The van der Waals surface area contributed by atoms with Crippen LogP contribution in [0.25, 0.3) is 10.8 Å². The SMILES string of the molecule is Cc1ccc2cc(C(F)(F)C3CC3)ccc2c1. The molecule has 88 valence electrons. The summed E-state index contributed by atoms with van der Waals surface area (Å²) in [7, 11) is 0. The van der Waals surface area contributed by atoms with Crippen molar-refractivity contribution in [1.82, 2.24) is 0 Å². The third-order valence-corrected chi connectivity index (χ3v) is 3.47. The first kappa shape index (κ1) is 10.7.